The van der Waals surface area contributed by atoms with Gasteiger partial charge in [0.05, 0.1) is 5.56 Å². The summed E-state index contributed by atoms with van der Waals surface area (Å²) >= 11 is 0. The molecule has 0 bridgehead atoms. The number of hydrogen-bond donors (Lipinski definition) is 1. The van der Waals surface area contributed by atoms with Crippen molar-refractivity contribution < 1.29 is 14.3 Å². The topological polar surface area (TPSA) is 86.1 Å². The van der Waals surface area contributed by atoms with Crippen molar-refractivity contribution in [1.29, 1.82) is 0 Å². The van der Waals surface area contributed by atoms with Gasteiger partial charge in [-0.25, -0.2) is 14.8 Å². The Labute approximate surface area is 140 Å². The van der Waals surface area contributed by atoms with E-state index >= 15 is 0 Å². The molecule has 1 aliphatic rings. The van der Waals surface area contributed by atoms with Crippen LogP contribution in [0.2, 0.25) is 0 Å². The Morgan fingerprint density at radius 1 is 1.29 bits per heavy atom. The molecule has 1 fully saturated rings. The zero-order valence-electron chi connectivity index (χ0n) is 13.9. The maximum Gasteiger partial charge on any atom is 0.340 e. The first kappa shape index (κ1) is 16.2. The molecule has 1 saturated carbocycles. The summed E-state index contributed by atoms with van der Waals surface area (Å²) in [7, 11) is 0. The highest BCUT2D eigenvalue weighted by Crippen LogP contribution is 2.38. The fraction of sp³-hybridized carbons (Fsp3) is 0.412. The van der Waals surface area contributed by atoms with E-state index in [9.17, 15) is 9.59 Å². The summed E-state index contributed by atoms with van der Waals surface area (Å²) in [6.07, 6.45) is 4.38. The molecule has 1 aliphatic carbocycles. The Morgan fingerprint density at radius 3 is 2.58 bits per heavy atom. The minimum Gasteiger partial charge on any atom is -0.449 e. The Balaban J connectivity index is 1.66. The van der Waals surface area contributed by atoms with Gasteiger partial charge >= 0.3 is 5.97 Å². The van der Waals surface area contributed by atoms with Gasteiger partial charge in [-0.2, -0.15) is 0 Å². The maximum absolute atomic E-state index is 12.4. The highest BCUT2D eigenvalue weighted by Gasteiger charge is 2.29. The SMILES string of the molecule is Cc1cc(C(=O)OC(C)C(=O)Nc2ncccn2)c(C)n1C1CC1. The molecule has 1 atom stereocenters. The molecule has 2 aromatic rings. The van der Waals surface area contributed by atoms with Crippen LogP contribution in [0.25, 0.3) is 0 Å². The third kappa shape index (κ3) is 3.29. The van der Waals surface area contributed by atoms with Gasteiger partial charge < -0.3 is 9.30 Å². The molecule has 2 heterocycles. The molecule has 1 amide bonds. The van der Waals surface area contributed by atoms with E-state index in [0.29, 0.717) is 11.6 Å². The lowest BCUT2D eigenvalue weighted by Gasteiger charge is -2.13. The van der Waals surface area contributed by atoms with Gasteiger partial charge in [0.25, 0.3) is 5.91 Å². The van der Waals surface area contributed by atoms with Crippen LogP contribution in [0.4, 0.5) is 5.95 Å². The van der Waals surface area contributed by atoms with Crippen molar-refractivity contribution in [2.45, 2.75) is 45.8 Å². The normalized spacial score (nSPS) is 15.0. The average molecular weight is 328 g/mol. The summed E-state index contributed by atoms with van der Waals surface area (Å²) < 4.78 is 7.47. The summed E-state index contributed by atoms with van der Waals surface area (Å²) in [5, 5.41) is 2.51. The second-order valence-corrected chi connectivity index (χ2v) is 6.00. The van der Waals surface area contributed by atoms with Crippen molar-refractivity contribution in [3.63, 3.8) is 0 Å². The van der Waals surface area contributed by atoms with Crippen LogP contribution >= 0.6 is 0 Å². The zero-order chi connectivity index (χ0) is 17.3. The number of aromatic nitrogens is 3. The summed E-state index contributed by atoms with van der Waals surface area (Å²) in [6.45, 7) is 5.41. The first-order chi connectivity index (χ1) is 11.5. The molecule has 126 valence electrons. The fourth-order valence-electron chi connectivity index (χ4n) is 2.73. The van der Waals surface area contributed by atoms with Gasteiger partial charge in [0.15, 0.2) is 6.10 Å². The minimum absolute atomic E-state index is 0.178. The molecule has 0 spiro atoms. The molecule has 0 radical (unpaired) electrons. The number of nitrogens with one attached hydrogen (secondary N) is 1. The first-order valence-corrected chi connectivity index (χ1v) is 7.94. The van der Waals surface area contributed by atoms with E-state index in [1.54, 1.807) is 6.07 Å². The van der Waals surface area contributed by atoms with E-state index in [0.717, 1.165) is 24.2 Å². The third-order valence-electron chi connectivity index (χ3n) is 4.07. The Bertz CT molecular complexity index is 766. The number of esters is 1. The smallest absolute Gasteiger partial charge is 0.340 e. The highest BCUT2D eigenvalue weighted by molar-refractivity contribution is 5.97. The van der Waals surface area contributed by atoms with Crippen LogP contribution in [0.15, 0.2) is 24.5 Å². The van der Waals surface area contributed by atoms with Crippen LogP contribution in [-0.4, -0.2) is 32.5 Å². The maximum atomic E-state index is 12.4. The largest absolute Gasteiger partial charge is 0.449 e. The molecule has 7 nitrogen and oxygen atoms in total. The molecule has 3 rings (SSSR count). The van der Waals surface area contributed by atoms with Crippen molar-refractivity contribution >= 4 is 17.8 Å². The Morgan fingerprint density at radius 2 is 1.96 bits per heavy atom. The molecule has 24 heavy (non-hydrogen) atoms. The Kier molecular flexibility index (Phi) is 4.33. The summed E-state index contributed by atoms with van der Waals surface area (Å²) in [5.74, 6) is -0.783. The van der Waals surface area contributed by atoms with Crippen LogP contribution in [-0.2, 0) is 9.53 Å². The number of amides is 1. The summed E-state index contributed by atoms with van der Waals surface area (Å²) in [5.41, 5.74) is 2.44. The molecule has 2 aromatic heterocycles. The number of aryl methyl sites for hydroxylation is 1. The van der Waals surface area contributed by atoms with Gasteiger partial charge in [-0.1, -0.05) is 0 Å². The van der Waals surface area contributed by atoms with E-state index < -0.39 is 18.0 Å². The Hall–Kier alpha value is -2.70. The first-order valence-electron chi connectivity index (χ1n) is 7.94. The number of ether oxygens (including phenoxy) is 1. The van der Waals surface area contributed by atoms with Gasteiger partial charge in [0.1, 0.15) is 0 Å². The van der Waals surface area contributed by atoms with E-state index in [4.69, 9.17) is 4.74 Å². The molecule has 0 saturated heterocycles. The van der Waals surface area contributed by atoms with Crippen LogP contribution < -0.4 is 5.32 Å². The molecular weight excluding hydrogens is 308 g/mol. The van der Waals surface area contributed by atoms with Crippen molar-refractivity contribution in [1.82, 2.24) is 14.5 Å². The van der Waals surface area contributed by atoms with Crippen molar-refractivity contribution in [3.8, 4) is 0 Å². The summed E-state index contributed by atoms with van der Waals surface area (Å²) in [4.78, 5) is 32.3. The molecule has 7 heteroatoms. The molecule has 0 aliphatic heterocycles. The quantitative estimate of drug-likeness (QED) is 0.852. The van der Waals surface area contributed by atoms with E-state index in [2.05, 4.69) is 19.9 Å². The van der Waals surface area contributed by atoms with Gasteiger partial charge in [-0.15, -0.1) is 0 Å². The number of nitrogens with zero attached hydrogens (tertiary/aromatic N) is 3. The van der Waals surface area contributed by atoms with Gasteiger partial charge in [0.2, 0.25) is 5.95 Å². The zero-order valence-corrected chi connectivity index (χ0v) is 13.9. The molecule has 1 N–H and O–H groups in total. The number of carbonyl (C=O) groups is 2. The van der Waals surface area contributed by atoms with Crippen LogP contribution in [0.1, 0.15) is 47.6 Å². The van der Waals surface area contributed by atoms with E-state index in [1.165, 1.54) is 19.3 Å². The van der Waals surface area contributed by atoms with Crippen LogP contribution in [0, 0.1) is 13.8 Å². The highest BCUT2D eigenvalue weighted by atomic mass is 16.5. The van der Waals surface area contributed by atoms with E-state index in [1.807, 2.05) is 19.9 Å². The molecule has 1 unspecified atom stereocenters. The predicted molar refractivity (Wildman–Crippen MR) is 87.7 cm³/mol. The van der Waals surface area contributed by atoms with Crippen LogP contribution in [0.5, 0.6) is 0 Å². The van der Waals surface area contributed by atoms with Crippen molar-refractivity contribution in [2.24, 2.45) is 0 Å². The second kappa shape index (κ2) is 6.43. The molecule has 0 aromatic carbocycles. The standard InChI is InChI=1S/C17H20N4O3/c1-10-9-14(11(2)21(10)13-5-6-13)16(23)24-12(3)15(22)20-17-18-7-4-8-19-17/h4,7-9,12-13H,5-6H2,1-3H3,(H,18,19,20,22). The lowest BCUT2D eigenvalue weighted by molar-refractivity contribution is -0.123. The van der Waals surface area contributed by atoms with Crippen LogP contribution in [0.3, 0.4) is 0 Å². The monoisotopic (exact) mass is 328 g/mol. The number of carbonyl (C=O) groups excluding carboxylic acids is 2. The van der Waals surface area contributed by atoms with E-state index in [-0.39, 0.29) is 5.95 Å². The number of rotatable bonds is 5. The lowest BCUT2D eigenvalue weighted by Crippen LogP contribution is -2.30. The predicted octanol–water partition coefficient (Wildman–Crippen LogP) is 2.41. The van der Waals surface area contributed by atoms with Crippen molar-refractivity contribution in [3.05, 3.63) is 41.5 Å². The minimum atomic E-state index is -0.940. The fourth-order valence-corrected chi connectivity index (χ4v) is 2.73. The number of anilines is 1. The molecular formula is C17H20N4O3. The lowest BCUT2D eigenvalue weighted by atomic mass is 10.2. The average Bonchev–Trinajstić information content (AvgIpc) is 3.33. The summed E-state index contributed by atoms with van der Waals surface area (Å²) in [6, 6.07) is 3.96. The number of hydrogen-bond acceptors (Lipinski definition) is 5. The van der Waals surface area contributed by atoms with Gasteiger partial charge in [0, 0.05) is 29.8 Å². The van der Waals surface area contributed by atoms with Gasteiger partial charge in [-0.05, 0) is 45.7 Å². The third-order valence-corrected chi connectivity index (χ3v) is 4.07. The van der Waals surface area contributed by atoms with Crippen molar-refractivity contribution in [2.75, 3.05) is 5.32 Å². The second-order valence-electron chi connectivity index (χ2n) is 6.00. The van der Waals surface area contributed by atoms with Gasteiger partial charge in [-0.3, -0.25) is 10.1 Å².